The normalized spacial score (nSPS) is 16.0. The van der Waals surface area contributed by atoms with Crippen molar-refractivity contribution in [3.05, 3.63) is 0 Å². The van der Waals surface area contributed by atoms with Crippen molar-refractivity contribution in [2.75, 3.05) is 0 Å². The minimum atomic E-state index is 0.946. The number of rotatable bonds is 15. The Balaban J connectivity index is 4.29. The first-order valence-corrected chi connectivity index (χ1v) is 10.6. The summed E-state index contributed by atoms with van der Waals surface area (Å²) in [4.78, 5) is 0. The van der Waals surface area contributed by atoms with Crippen LogP contribution in [0.25, 0.3) is 0 Å². The maximum atomic E-state index is 2.46. The van der Waals surface area contributed by atoms with Gasteiger partial charge in [-0.3, -0.25) is 0 Å². The molecule has 0 saturated heterocycles. The zero-order chi connectivity index (χ0) is 16.8. The molecule has 3 unspecified atom stereocenters. The van der Waals surface area contributed by atoms with Gasteiger partial charge in [0.25, 0.3) is 0 Å². The highest BCUT2D eigenvalue weighted by Gasteiger charge is 2.21. The first kappa shape index (κ1) is 22.0. The van der Waals surface area contributed by atoms with E-state index in [4.69, 9.17) is 0 Å². The van der Waals surface area contributed by atoms with E-state index in [-0.39, 0.29) is 0 Å². The van der Waals surface area contributed by atoms with Gasteiger partial charge in [-0.15, -0.1) is 0 Å². The van der Waals surface area contributed by atoms with Gasteiger partial charge < -0.3 is 0 Å². The van der Waals surface area contributed by atoms with Crippen LogP contribution in [0.15, 0.2) is 0 Å². The minimum Gasteiger partial charge on any atom is -0.0654 e. The number of unbranched alkanes of at least 4 members (excludes halogenated alkanes) is 1. The molecule has 0 aromatic carbocycles. The van der Waals surface area contributed by atoms with Gasteiger partial charge in [0, 0.05) is 0 Å². The zero-order valence-electron chi connectivity index (χ0n) is 16.8. The van der Waals surface area contributed by atoms with Gasteiger partial charge in [0.15, 0.2) is 0 Å². The van der Waals surface area contributed by atoms with Crippen molar-refractivity contribution in [2.45, 2.75) is 119 Å². The van der Waals surface area contributed by atoms with Crippen LogP contribution in [0.2, 0.25) is 0 Å². The van der Waals surface area contributed by atoms with Crippen molar-refractivity contribution in [3.8, 4) is 0 Å². The highest BCUT2D eigenvalue weighted by Crippen LogP contribution is 2.33. The molecule has 0 saturated carbocycles. The Morgan fingerprint density at radius 2 is 1.23 bits per heavy atom. The van der Waals surface area contributed by atoms with E-state index < -0.39 is 0 Å². The molecule has 134 valence electrons. The van der Waals surface area contributed by atoms with E-state index >= 15 is 0 Å². The second-order valence-electron chi connectivity index (χ2n) is 7.81. The van der Waals surface area contributed by atoms with Gasteiger partial charge in [0.1, 0.15) is 0 Å². The minimum absolute atomic E-state index is 0.946. The monoisotopic (exact) mass is 310 g/mol. The predicted octanol–water partition coefficient (Wildman–Crippen LogP) is 8.25. The lowest BCUT2D eigenvalue weighted by Crippen LogP contribution is -2.18. The first-order chi connectivity index (χ1) is 10.6. The molecule has 0 aliphatic heterocycles. The fraction of sp³-hybridized carbons (Fsp3) is 1.00. The van der Waals surface area contributed by atoms with Crippen molar-refractivity contribution in [1.82, 2.24) is 0 Å². The Labute approximate surface area is 142 Å². The second-order valence-corrected chi connectivity index (χ2v) is 7.81. The van der Waals surface area contributed by atoms with Crippen LogP contribution in [0.5, 0.6) is 0 Å². The average molecular weight is 311 g/mol. The molecule has 0 bridgehead atoms. The molecule has 0 heteroatoms. The molecule has 0 fully saturated rings. The summed E-state index contributed by atoms with van der Waals surface area (Å²) >= 11 is 0. The SMILES string of the molecule is CCCCC(C)CCCC(CCC)C(CC)CC(CC)CC. The molecular formula is C22H46. The number of hydrogen-bond acceptors (Lipinski definition) is 0. The van der Waals surface area contributed by atoms with Crippen LogP contribution in [-0.2, 0) is 0 Å². The molecule has 0 nitrogen and oxygen atoms in total. The second kappa shape index (κ2) is 14.6. The predicted molar refractivity (Wildman–Crippen MR) is 103 cm³/mol. The molecule has 0 spiro atoms. The van der Waals surface area contributed by atoms with E-state index in [1.54, 1.807) is 0 Å². The van der Waals surface area contributed by atoms with Crippen LogP contribution in [0.1, 0.15) is 119 Å². The van der Waals surface area contributed by atoms with E-state index in [0.29, 0.717) is 0 Å². The van der Waals surface area contributed by atoms with Crippen molar-refractivity contribution in [1.29, 1.82) is 0 Å². The van der Waals surface area contributed by atoms with Crippen LogP contribution >= 0.6 is 0 Å². The van der Waals surface area contributed by atoms with Crippen molar-refractivity contribution < 1.29 is 0 Å². The quantitative estimate of drug-likeness (QED) is 0.285. The van der Waals surface area contributed by atoms with Crippen LogP contribution in [0, 0.1) is 23.7 Å². The van der Waals surface area contributed by atoms with E-state index in [2.05, 4.69) is 41.5 Å². The lowest BCUT2D eigenvalue weighted by molar-refractivity contribution is 0.219. The molecule has 0 heterocycles. The van der Waals surface area contributed by atoms with E-state index in [0.717, 1.165) is 23.7 Å². The summed E-state index contributed by atoms with van der Waals surface area (Å²) in [6.45, 7) is 14.3. The summed E-state index contributed by atoms with van der Waals surface area (Å²) in [6.07, 6.45) is 17.1. The third-order valence-electron chi connectivity index (χ3n) is 5.96. The Morgan fingerprint density at radius 1 is 0.591 bits per heavy atom. The molecule has 0 aliphatic carbocycles. The summed E-state index contributed by atoms with van der Waals surface area (Å²) in [7, 11) is 0. The van der Waals surface area contributed by atoms with Gasteiger partial charge in [0.05, 0.1) is 0 Å². The summed E-state index contributed by atoms with van der Waals surface area (Å²) in [5.41, 5.74) is 0. The van der Waals surface area contributed by atoms with Gasteiger partial charge in [-0.25, -0.2) is 0 Å². The van der Waals surface area contributed by atoms with Crippen molar-refractivity contribution in [2.24, 2.45) is 23.7 Å². The van der Waals surface area contributed by atoms with E-state index in [1.165, 1.54) is 77.0 Å². The fourth-order valence-corrected chi connectivity index (χ4v) is 4.15. The number of hydrogen-bond donors (Lipinski definition) is 0. The van der Waals surface area contributed by atoms with Crippen LogP contribution < -0.4 is 0 Å². The van der Waals surface area contributed by atoms with Gasteiger partial charge in [-0.1, -0.05) is 112 Å². The molecule has 0 aromatic rings. The summed E-state index contributed by atoms with van der Waals surface area (Å²) in [5, 5.41) is 0. The molecule has 0 amide bonds. The summed E-state index contributed by atoms with van der Waals surface area (Å²) < 4.78 is 0. The lowest BCUT2D eigenvalue weighted by Gasteiger charge is -2.29. The van der Waals surface area contributed by atoms with Crippen molar-refractivity contribution >= 4 is 0 Å². The molecule has 0 rings (SSSR count). The van der Waals surface area contributed by atoms with Crippen molar-refractivity contribution in [3.63, 3.8) is 0 Å². The highest BCUT2D eigenvalue weighted by molar-refractivity contribution is 4.73. The topological polar surface area (TPSA) is 0 Å². The van der Waals surface area contributed by atoms with Crippen LogP contribution in [0.3, 0.4) is 0 Å². The Bertz CT molecular complexity index is 216. The van der Waals surface area contributed by atoms with E-state index in [9.17, 15) is 0 Å². The molecule has 22 heavy (non-hydrogen) atoms. The molecule has 0 aliphatic rings. The van der Waals surface area contributed by atoms with Gasteiger partial charge >= 0.3 is 0 Å². The summed E-state index contributed by atoms with van der Waals surface area (Å²) in [5.74, 6) is 3.89. The molecule has 0 aromatic heterocycles. The standard InChI is InChI=1S/C22H46/c1-7-12-15-19(6)16-13-17-22(14-8-2)21(11-5)18-20(9-3)10-4/h19-22H,7-18H2,1-6H3. The molecule has 3 atom stereocenters. The van der Waals surface area contributed by atoms with Gasteiger partial charge in [0.2, 0.25) is 0 Å². The first-order valence-electron chi connectivity index (χ1n) is 10.6. The third-order valence-corrected chi connectivity index (χ3v) is 5.96. The Kier molecular flexibility index (Phi) is 14.6. The fourth-order valence-electron chi connectivity index (χ4n) is 4.15. The van der Waals surface area contributed by atoms with Gasteiger partial charge in [-0.2, -0.15) is 0 Å². The van der Waals surface area contributed by atoms with Crippen LogP contribution in [0.4, 0.5) is 0 Å². The zero-order valence-corrected chi connectivity index (χ0v) is 16.8. The van der Waals surface area contributed by atoms with E-state index in [1.807, 2.05) is 0 Å². The largest absolute Gasteiger partial charge is 0.0654 e. The average Bonchev–Trinajstić information content (AvgIpc) is 2.53. The molecule has 0 N–H and O–H groups in total. The highest BCUT2D eigenvalue weighted by atomic mass is 14.3. The Hall–Kier alpha value is 0. The Morgan fingerprint density at radius 3 is 1.73 bits per heavy atom. The summed E-state index contributed by atoms with van der Waals surface area (Å²) in [6, 6.07) is 0. The maximum absolute atomic E-state index is 2.46. The maximum Gasteiger partial charge on any atom is -0.0386 e. The third kappa shape index (κ3) is 9.90. The smallest absolute Gasteiger partial charge is 0.0386 e. The lowest BCUT2D eigenvalue weighted by atomic mass is 9.76. The van der Waals surface area contributed by atoms with Gasteiger partial charge in [-0.05, 0) is 30.1 Å². The van der Waals surface area contributed by atoms with Crippen LogP contribution in [-0.4, -0.2) is 0 Å². The molecular weight excluding hydrogens is 264 g/mol. The molecule has 0 radical (unpaired) electrons.